The van der Waals surface area contributed by atoms with Gasteiger partial charge in [-0.25, -0.2) is 0 Å². The van der Waals surface area contributed by atoms with Gasteiger partial charge in [-0.2, -0.15) is 0 Å². The van der Waals surface area contributed by atoms with E-state index >= 15 is 0 Å². The monoisotopic (exact) mass is 547 g/mol. The van der Waals surface area contributed by atoms with Gasteiger partial charge in [0.05, 0.1) is 12.6 Å². The van der Waals surface area contributed by atoms with Gasteiger partial charge in [0, 0.05) is 27.2 Å². The first kappa shape index (κ1) is 29.9. The fraction of sp³-hybridized carbons (Fsp3) is 0.871. The van der Waals surface area contributed by atoms with Crippen LogP contribution in [0.1, 0.15) is 106 Å². The molecule has 1 N–H and O–H groups in total. The zero-order valence-electron chi connectivity index (χ0n) is 24.8. The van der Waals surface area contributed by atoms with E-state index in [-0.39, 0.29) is 65.2 Å². The van der Waals surface area contributed by atoms with E-state index in [2.05, 4.69) is 19.2 Å². The number of hydrogen-bond acceptors (Lipinski definition) is 7. The van der Waals surface area contributed by atoms with E-state index in [0.717, 1.165) is 51.4 Å². The fourth-order valence-electron chi connectivity index (χ4n) is 9.08. The average molecular weight is 548 g/mol. The zero-order chi connectivity index (χ0) is 28.5. The van der Waals surface area contributed by atoms with Gasteiger partial charge in [0.25, 0.3) is 0 Å². The number of nitrogens with one attached hydrogen (secondary N) is 1. The number of rotatable bonds is 8. The molecule has 4 rings (SSSR count). The Morgan fingerprint density at radius 3 is 2.26 bits per heavy atom. The maximum absolute atomic E-state index is 12.9. The summed E-state index contributed by atoms with van der Waals surface area (Å²) in [5, 5.41) is 3.20. The number of carbonyl (C=O) groups is 4. The van der Waals surface area contributed by atoms with Crippen molar-refractivity contribution in [1.29, 1.82) is 0 Å². The number of fused-ring (bicyclic) bond motifs is 5. The molecule has 0 aliphatic heterocycles. The highest BCUT2D eigenvalue weighted by Gasteiger charge is 2.63. The van der Waals surface area contributed by atoms with Crippen LogP contribution < -0.4 is 5.32 Å². The summed E-state index contributed by atoms with van der Waals surface area (Å²) in [6, 6.07) is -0.186. The van der Waals surface area contributed by atoms with Crippen molar-refractivity contribution in [1.82, 2.24) is 5.32 Å². The minimum absolute atomic E-state index is 0.0437. The standard InChI is InChI=1S/C31H49NO7/c1-18(17-37-20(3)34)7-10-28(36)39-27-16-26-24-9-8-22-15-23(38-21(4)35)11-13-30(22,5)25(24)12-14-31(26,6)29(27)32-19(2)33/h18,22-27,29H,7-17H2,1-6H3,(H,32,33). The Morgan fingerprint density at radius 2 is 1.59 bits per heavy atom. The molecule has 220 valence electrons. The predicted molar refractivity (Wildman–Crippen MR) is 145 cm³/mol. The Balaban J connectivity index is 1.45. The van der Waals surface area contributed by atoms with Gasteiger partial charge in [0.2, 0.25) is 5.91 Å². The second kappa shape index (κ2) is 11.8. The summed E-state index contributed by atoms with van der Waals surface area (Å²) in [5.74, 6) is 1.34. The highest BCUT2D eigenvalue weighted by atomic mass is 16.5. The second-order valence-corrected chi connectivity index (χ2v) is 13.6. The molecule has 39 heavy (non-hydrogen) atoms. The summed E-state index contributed by atoms with van der Waals surface area (Å²) < 4.78 is 16.8. The van der Waals surface area contributed by atoms with Crippen molar-refractivity contribution < 1.29 is 33.4 Å². The Hall–Kier alpha value is -2.12. The first-order valence-corrected chi connectivity index (χ1v) is 15.1. The summed E-state index contributed by atoms with van der Waals surface area (Å²) in [4.78, 5) is 47.9. The number of ether oxygens (including phenoxy) is 3. The van der Waals surface area contributed by atoms with E-state index < -0.39 is 0 Å². The van der Waals surface area contributed by atoms with Crippen LogP contribution in [0.15, 0.2) is 0 Å². The molecule has 10 atom stereocenters. The van der Waals surface area contributed by atoms with E-state index in [1.54, 1.807) is 6.92 Å². The summed E-state index contributed by atoms with van der Waals surface area (Å²) in [7, 11) is 0. The van der Waals surface area contributed by atoms with Crippen molar-refractivity contribution in [2.75, 3.05) is 6.61 Å². The Labute approximate surface area is 233 Å². The molecule has 4 fully saturated rings. The third kappa shape index (κ3) is 6.30. The second-order valence-electron chi connectivity index (χ2n) is 13.6. The van der Waals surface area contributed by atoms with Crippen LogP contribution in [0.2, 0.25) is 0 Å². The molecule has 4 aliphatic rings. The van der Waals surface area contributed by atoms with E-state index in [1.165, 1.54) is 13.8 Å². The molecule has 1 amide bonds. The summed E-state index contributed by atoms with van der Waals surface area (Å²) in [6.07, 6.45) is 8.73. The molecule has 0 aromatic rings. The summed E-state index contributed by atoms with van der Waals surface area (Å²) in [6.45, 7) is 11.5. The lowest BCUT2D eigenvalue weighted by Gasteiger charge is -2.60. The molecule has 0 aromatic carbocycles. The van der Waals surface area contributed by atoms with Crippen LogP contribution in [-0.2, 0) is 33.4 Å². The molecule has 0 radical (unpaired) electrons. The van der Waals surface area contributed by atoms with Gasteiger partial charge < -0.3 is 19.5 Å². The quantitative estimate of drug-likeness (QED) is 0.338. The van der Waals surface area contributed by atoms with Crippen molar-refractivity contribution >= 4 is 23.8 Å². The molecular weight excluding hydrogens is 498 g/mol. The molecule has 8 nitrogen and oxygen atoms in total. The van der Waals surface area contributed by atoms with Gasteiger partial charge in [-0.1, -0.05) is 20.8 Å². The Bertz CT molecular complexity index is 951. The SMILES string of the molecule is CC(=O)NC1C(OC(=O)CCC(C)COC(C)=O)CC2C3CCC4CC(OC(C)=O)CCC4(C)C3CCC21C. The zero-order valence-corrected chi connectivity index (χ0v) is 24.8. The molecule has 0 aromatic heterocycles. The molecule has 0 heterocycles. The lowest BCUT2D eigenvalue weighted by Crippen LogP contribution is -2.57. The largest absolute Gasteiger partial charge is 0.466 e. The van der Waals surface area contributed by atoms with Crippen molar-refractivity contribution in [2.24, 2.45) is 40.4 Å². The molecule has 0 bridgehead atoms. The van der Waals surface area contributed by atoms with Crippen molar-refractivity contribution in [3.63, 3.8) is 0 Å². The molecule has 4 saturated carbocycles. The van der Waals surface area contributed by atoms with Crippen LogP contribution in [0.5, 0.6) is 0 Å². The normalized spacial score (nSPS) is 39.8. The van der Waals surface area contributed by atoms with Gasteiger partial charge in [-0.15, -0.1) is 0 Å². The van der Waals surface area contributed by atoms with Gasteiger partial charge in [-0.05, 0) is 98.2 Å². The minimum atomic E-state index is -0.329. The van der Waals surface area contributed by atoms with Crippen LogP contribution >= 0.6 is 0 Å². The Kier molecular flexibility index (Phi) is 9.02. The van der Waals surface area contributed by atoms with Crippen molar-refractivity contribution in [3.8, 4) is 0 Å². The lowest BCUT2D eigenvalue weighted by atomic mass is 9.45. The Morgan fingerprint density at radius 1 is 0.872 bits per heavy atom. The molecular formula is C31H49NO7. The highest BCUT2D eigenvalue weighted by molar-refractivity contribution is 5.74. The van der Waals surface area contributed by atoms with Crippen LogP contribution in [0.4, 0.5) is 0 Å². The number of carbonyl (C=O) groups excluding carboxylic acids is 4. The van der Waals surface area contributed by atoms with E-state index in [9.17, 15) is 19.2 Å². The predicted octanol–water partition coefficient (Wildman–Crippen LogP) is 4.97. The average Bonchev–Trinajstić information content (AvgIpc) is 3.12. The number of amides is 1. The molecule has 0 saturated heterocycles. The van der Waals surface area contributed by atoms with Crippen LogP contribution in [0.25, 0.3) is 0 Å². The van der Waals surface area contributed by atoms with Crippen LogP contribution in [0.3, 0.4) is 0 Å². The van der Waals surface area contributed by atoms with Gasteiger partial charge in [-0.3, -0.25) is 19.2 Å². The van der Waals surface area contributed by atoms with Crippen LogP contribution in [-0.4, -0.2) is 48.7 Å². The highest BCUT2D eigenvalue weighted by Crippen LogP contribution is 2.66. The van der Waals surface area contributed by atoms with Gasteiger partial charge in [0.15, 0.2) is 0 Å². The van der Waals surface area contributed by atoms with E-state index in [1.807, 2.05) is 6.92 Å². The van der Waals surface area contributed by atoms with Crippen LogP contribution in [0, 0.1) is 40.4 Å². The third-order valence-corrected chi connectivity index (χ3v) is 11.0. The van der Waals surface area contributed by atoms with Crippen molar-refractivity contribution in [2.45, 2.75) is 124 Å². The maximum atomic E-state index is 12.9. The molecule has 0 spiro atoms. The van der Waals surface area contributed by atoms with E-state index in [4.69, 9.17) is 14.2 Å². The maximum Gasteiger partial charge on any atom is 0.306 e. The molecule has 8 heteroatoms. The summed E-state index contributed by atoms with van der Waals surface area (Å²) >= 11 is 0. The third-order valence-electron chi connectivity index (χ3n) is 11.0. The summed E-state index contributed by atoms with van der Waals surface area (Å²) in [5.41, 5.74) is 0.121. The smallest absolute Gasteiger partial charge is 0.306 e. The van der Waals surface area contributed by atoms with Gasteiger partial charge in [0.1, 0.15) is 12.2 Å². The minimum Gasteiger partial charge on any atom is -0.466 e. The van der Waals surface area contributed by atoms with E-state index in [0.29, 0.717) is 36.7 Å². The fourth-order valence-corrected chi connectivity index (χ4v) is 9.08. The number of hydrogen-bond donors (Lipinski definition) is 1. The van der Waals surface area contributed by atoms with Gasteiger partial charge >= 0.3 is 17.9 Å². The topological polar surface area (TPSA) is 108 Å². The van der Waals surface area contributed by atoms with Crippen molar-refractivity contribution in [3.05, 3.63) is 0 Å². The first-order valence-electron chi connectivity index (χ1n) is 15.1. The molecule has 4 aliphatic carbocycles. The lowest BCUT2D eigenvalue weighted by molar-refractivity contribution is -0.159. The first-order chi connectivity index (χ1) is 18.3. The number of esters is 3. The molecule has 10 unspecified atom stereocenters.